The minimum Gasteiger partial charge on any atom is -0.309 e. The van der Waals surface area contributed by atoms with Crippen LogP contribution in [-0.2, 0) is 16.0 Å². The molecule has 1 aromatic heterocycles. The minimum absolute atomic E-state index is 0.204. The van der Waals surface area contributed by atoms with E-state index in [1.165, 1.54) is 11.0 Å². The van der Waals surface area contributed by atoms with Gasteiger partial charge in [0.2, 0.25) is 11.8 Å². The minimum atomic E-state index is -0.489. The molecule has 1 aliphatic heterocycles. The van der Waals surface area contributed by atoms with Crippen molar-refractivity contribution in [1.29, 1.82) is 0 Å². The summed E-state index contributed by atoms with van der Waals surface area (Å²) in [6, 6.07) is 8.18. The molecule has 2 amide bonds. The number of fused-ring (bicyclic) bond motifs is 1. The highest BCUT2D eigenvalue weighted by atomic mass is 19.1. The largest absolute Gasteiger partial charge is 0.309 e. The molecule has 1 aromatic carbocycles. The second-order valence-electron chi connectivity index (χ2n) is 5.50. The normalized spacial score (nSPS) is 13.7. The van der Waals surface area contributed by atoms with Crippen LogP contribution in [-0.4, -0.2) is 23.3 Å². The van der Waals surface area contributed by atoms with Gasteiger partial charge in [-0.25, -0.2) is 9.37 Å². The van der Waals surface area contributed by atoms with Crippen LogP contribution in [0.15, 0.2) is 36.5 Å². The average molecular weight is 313 g/mol. The predicted molar refractivity (Wildman–Crippen MR) is 84.7 cm³/mol. The maximum atomic E-state index is 14.1. The number of aryl methyl sites for hydroxylation is 2. The van der Waals surface area contributed by atoms with Crippen molar-refractivity contribution in [3.05, 3.63) is 53.5 Å². The van der Waals surface area contributed by atoms with Crippen LogP contribution in [0.25, 0.3) is 0 Å². The van der Waals surface area contributed by atoms with Crippen LogP contribution in [0.2, 0.25) is 0 Å². The van der Waals surface area contributed by atoms with Gasteiger partial charge < -0.3 is 5.32 Å². The van der Waals surface area contributed by atoms with Gasteiger partial charge in [-0.1, -0.05) is 18.2 Å². The summed E-state index contributed by atoms with van der Waals surface area (Å²) in [5.41, 5.74) is 1.92. The summed E-state index contributed by atoms with van der Waals surface area (Å²) in [5, 5.41) is 2.62. The standard InChI is InChI=1S/C17H16FN3O2/c1-11-5-7-14(19-9-11)20-15(22)10-21-16(23)8-6-12-3-2-4-13(18)17(12)21/h2-5,7,9H,6,8,10H2,1H3,(H,19,20,22). The summed E-state index contributed by atoms with van der Waals surface area (Å²) in [4.78, 5) is 29.6. The highest BCUT2D eigenvalue weighted by Crippen LogP contribution is 2.30. The molecule has 0 atom stereocenters. The molecule has 5 nitrogen and oxygen atoms in total. The van der Waals surface area contributed by atoms with Crippen molar-refractivity contribution in [3.8, 4) is 0 Å². The Hall–Kier alpha value is -2.76. The lowest BCUT2D eigenvalue weighted by atomic mass is 10.0. The van der Waals surface area contributed by atoms with E-state index in [1.54, 1.807) is 24.4 Å². The van der Waals surface area contributed by atoms with Gasteiger partial charge in [-0.15, -0.1) is 0 Å². The molecule has 3 rings (SSSR count). The maximum Gasteiger partial charge on any atom is 0.245 e. The van der Waals surface area contributed by atoms with E-state index in [0.29, 0.717) is 12.2 Å². The van der Waals surface area contributed by atoms with Crippen LogP contribution in [0.3, 0.4) is 0 Å². The second kappa shape index (κ2) is 6.16. The summed E-state index contributed by atoms with van der Waals surface area (Å²) in [7, 11) is 0. The Morgan fingerprint density at radius 1 is 1.30 bits per heavy atom. The van der Waals surface area contributed by atoms with Gasteiger partial charge in [-0.2, -0.15) is 0 Å². The van der Waals surface area contributed by atoms with E-state index in [0.717, 1.165) is 11.1 Å². The number of halogens is 1. The first-order chi connectivity index (χ1) is 11.0. The van der Waals surface area contributed by atoms with Gasteiger partial charge in [0.05, 0.1) is 5.69 Å². The Labute approximate surface area is 133 Å². The van der Waals surface area contributed by atoms with Crippen molar-refractivity contribution in [3.63, 3.8) is 0 Å². The van der Waals surface area contributed by atoms with E-state index in [9.17, 15) is 14.0 Å². The Morgan fingerprint density at radius 3 is 2.87 bits per heavy atom. The predicted octanol–water partition coefficient (Wildman–Crippen LogP) is 2.45. The van der Waals surface area contributed by atoms with Gasteiger partial charge >= 0.3 is 0 Å². The average Bonchev–Trinajstić information content (AvgIpc) is 2.52. The Balaban J connectivity index is 1.78. The number of amides is 2. The molecule has 1 N–H and O–H groups in total. The molecule has 0 saturated heterocycles. The highest BCUT2D eigenvalue weighted by molar-refractivity contribution is 6.04. The van der Waals surface area contributed by atoms with Crippen LogP contribution >= 0.6 is 0 Å². The molecule has 0 fully saturated rings. The third-order valence-corrected chi connectivity index (χ3v) is 3.73. The van der Waals surface area contributed by atoms with E-state index in [-0.39, 0.29) is 24.6 Å². The van der Waals surface area contributed by atoms with E-state index in [1.807, 2.05) is 13.0 Å². The fraction of sp³-hybridized carbons (Fsp3) is 0.235. The molecule has 0 radical (unpaired) electrons. The van der Waals surface area contributed by atoms with E-state index in [2.05, 4.69) is 10.3 Å². The van der Waals surface area contributed by atoms with Gasteiger partial charge in [0.15, 0.2) is 0 Å². The molecule has 0 unspecified atom stereocenters. The van der Waals surface area contributed by atoms with Gasteiger partial charge in [0.25, 0.3) is 0 Å². The van der Waals surface area contributed by atoms with Crippen LogP contribution in [0.1, 0.15) is 17.5 Å². The van der Waals surface area contributed by atoms with Gasteiger partial charge in [0, 0.05) is 12.6 Å². The second-order valence-corrected chi connectivity index (χ2v) is 5.50. The Kier molecular flexibility index (Phi) is 4.06. The zero-order chi connectivity index (χ0) is 16.4. The molecular formula is C17H16FN3O2. The molecule has 118 valence electrons. The highest BCUT2D eigenvalue weighted by Gasteiger charge is 2.28. The van der Waals surface area contributed by atoms with Crippen molar-refractivity contribution < 1.29 is 14.0 Å². The van der Waals surface area contributed by atoms with Gasteiger partial charge in [-0.3, -0.25) is 14.5 Å². The van der Waals surface area contributed by atoms with Crippen LogP contribution < -0.4 is 10.2 Å². The number of benzene rings is 1. The van der Waals surface area contributed by atoms with Crippen LogP contribution in [0.4, 0.5) is 15.9 Å². The number of hydrogen-bond acceptors (Lipinski definition) is 3. The fourth-order valence-corrected chi connectivity index (χ4v) is 2.60. The number of hydrogen-bond donors (Lipinski definition) is 1. The zero-order valence-electron chi connectivity index (χ0n) is 12.7. The SMILES string of the molecule is Cc1ccc(NC(=O)CN2C(=O)CCc3cccc(F)c32)nc1. The van der Waals surface area contributed by atoms with E-state index >= 15 is 0 Å². The van der Waals surface area contributed by atoms with Crippen molar-refractivity contribution in [2.75, 3.05) is 16.8 Å². The Bertz CT molecular complexity index is 759. The summed E-state index contributed by atoms with van der Waals surface area (Å²) in [5.74, 6) is -0.754. The van der Waals surface area contributed by atoms with Crippen molar-refractivity contribution in [1.82, 2.24) is 4.98 Å². The number of carbonyl (C=O) groups is 2. The summed E-state index contributed by atoms with van der Waals surface area (Å²) >= 11 is 0. The number of rotatable bonds is 3. The van der Waals surface area contributed by atoms with Crippen LogP contribution in [0.5, 0.6) is 0 Å². The summed E-state index contributed by atoms with van der Waals surface area (Å²) < 4.78 is 14.1. The number of anilines is 2. The first-order valence-electron chi connectivity index (χ1n) is 7.35. The fourth-order valence-electron chi connectivity index (χ4n) is 2.60. The summed E-state index contributed by atoms with van der Waals surface area (Å²) in [6.07, 6.45) is 2.40. The number of pyridine rings is 1. The molecule has 0 bridgehead atoms. The number of para-hydroxylation sites is 1. The van der Waals surface area contributed by atoms with Crippen molar-refractivity contribution >= 4 is 23.3 Å². The lowest BCUT2D eigenvalue weighted by Crippen LogP contribution is -2.41. The molecule has 23 heavy (non-hydrogen) atoms. The molecule has 2 aromatic rings. The first kappa shape index (κ1) is 15.1. The van der Waals surface area contributed by atoms with Crippen molar-refractivity contribution in [2.45, 2.75) is 19.8 Å². The molecule has 0 saturated carbocycles. The first-order valence-corrected chi connectivity index (χ1v) is 7.35. The number of nitrogens with one attached hydrogen (secondary N) is 1. The quantitative estimate of drug-likeness (QED) is 0.947. The zero-order valence-corrected chi connectivity index (χ0v) is 12.7. The molecule has 1 aliphatic rings. The van der Waals surface area contributed by atoms with Gasteiger partial charge in [-0.05, 0) is 36.6 Å². The topological polar surface area (TPSA) is 62.3 Å². The smallest absolute Gasteiger partial charge is 0.245 e. The number of aromatic nitrogens is 1. The third-order valence-electron chi connectivity index (χ3n) is 3.73. The molecule has 2 heterocycles. The van der Waals surface area contributed by atoms with E-state index in [4.69, 9.17) is 0 Å². The number of carbonyl (C=O) groups excluding carboxylic acids is 2. The summed E-state index contributed by atoms with van der Waals surface area (Å²) in [6.45, 7) is 1.66. The molecule has 0 aliphatic carbocycles. The maximum absolute atomic E-state index is 14.1. The van der Waals surface area contributed by atoms with Crippen LogP contribution in [0, 0.1) is 12.7 Å². The monoisotopic (exact) mass is 313 g/mol. The van der Waals surface area contributed by atoms with Gasteiger partial charge in [0.1, 0.15) is 18.2 Å². The Morgan fingerprint density at radius 2 is 2.13 bits per heavy atom. The molecule has 6 heteroatoms. The lowest BCUT2D eigenvalue weighted by molar-refractivity contribution is -0.121. The van der Waals surface area contributed by atoms with E-state index < -0.39 is 11.7 Å². The third kappa shape index (κ3) is 3.21. The molecular weight excluding hydrogens is 297 g/mol. The number of nitrogens with zero attached hydrogens (tertiary/aromatic N) is 2. The lowest BCUT2D eigenvalue weighted by Gasteiger charge is -2.29. The molecule has 0 spiro atoms. The van der Waals surface area contributed by atoms with Crippen molar-refractivity contribution in [2.24, 2.45) is 0 Å².